The molecule has 1 aromatic carbocycles. The number of pyridine rings is 1. The molecule has 2 atom stereocenters. The lowest BCUT2D eigenvalue weighted by Gasteiger charge is -2.32. The molecule has 0 radical (unpaired) electrons. The number of hydrogen-bond acceptors (Lipinski definition) is 6. The lowest BCUT2D eigenvalue weighted by atomic mass is 10.0. The van der Waals surface area contributed by atoms with Crippen molar-refractivity contribution in [3.05, 3.63) is 69.6 Å². The molecular formula is C19H23ClN2O5S. The maximum atomic E-state index is 12.9. The third kappa shape index (κ3) is 4.81. The molecule has 0 aliphatic rings. The van der Waals surface area contributed by atoms with E-state index in [-0.39, 0.29) is 18.0 Å². The van der Waals surface area contributed by atoms with Crippen LogP contribution in [-0.2, 0) is 31.6 Å². The van der Waals surface area contributed by atoms with Gasteiger partial charge in [0.25, 0.3) is 5.56 Å². The van der Waals surface area contributed by atoms with E-state index in [9.17, 15) is 18.0 Å². The molecule has 9 heteroatoms. The van der Waals surface area contributed by atoms with Crippen molar-refractivity contribution in [3.8, 4) is 0 Å². The predicted molar refractivity (Wildman–Crippen MR) is 108 cm³/mol. The first-order valence-corrected chi connectivity index (χ1v) is 10.8. The quantitative estimate of drug-likeness (QED) is 0.536. The van der Waals surface area contributed by atoms with Crippen molar-refractivity contribution < 1.29 is 17.9 Å². The van der Waals surface area contributed by atoms with Gasteiger partial charge >= 0.3 is 5.97 Å². The van der Waals surface area contributed by atoms with Gasteiger partial charge in [-0.15, -0.1) is 0 Å². The maximum absolute atomic E-state index is 12.9. The van der Waals surface area contributed by atoms with Crippen LogP contribution in [-0.4, -0.2) is 30.0 Å². The minimum atomic E-state index is -3.88. The smallest absolute Gasteiger partial charge is 0.329 e. The second-order valence-corrected chi connectivity index (χ2v) is 9.87. The number of benzene rings is 1. The zero-order valence-electron chi connectivity index (χ0n) is 15.9. The summed E-state index contributed by atoms with van der Waals surface area (Å²) < 4.78 is 29.7. The summed E-state index contributed by atoms with van der Waals surface area (Å²) in [5.41, 5.74) is 4.73. The molecule has 2 aromatic rings. The second kappa shape index (κ2) is 8.06. The third-order valence-electron chi connectivity index (χ3n) is 4.69. The number of nitrogens with two attached hydrogens (primary N) is 1. The lowest BCUT2D eigenvalue weighted by molar-refractivity contribution is -0.162. The molecule has 2 unspecified atom stereocenters. The molecule has 0 saturated heterocycles. The zero-order valence-corrected chi connectivity index (χ0v) is 17.5. The topological polar surface area (TPSA) is 108 Å². The van der Waals surface area contributed by atoms with Crippen LogP contribution in [0.25, 0.3) is 0 Å². The molecule has 0 spiro atoms. The fourth-order valence-corrected chi connectivity index (χ4v) is 3.53. The van der Waals surface area contributed by atoms with Crippen molar-refractivity contribution in [2.45, 2.75) is 37.3 Å². The van der Waals surface area contributed by atoms with Crippen LogP contribution in [0.3, 0.4) is 0 Å². The predicted octanol–water partition coefficient (Wildman–Crippen LogP) is 2.07. The fourth-order valence-electron chi connectivity index (χ4n) is 2.57. The standard InChI is InChI=1S/C19H23ClN2O5S/c1-18(28(3,25)26,10-12-22-11-9-15(20)13-16(22)23)17(24)27-19(2,21)14-7-5-4-6-8-14/h4-9,11,13H,10,12,21H2,1-3H3. The summed E-state index contributed by atoms with van der Waals surface area (Å²) in [5.74, 6) is -0.981. The molecule has 0 fully saturated rings. The van der Waals surface area contributed by atoms with E-state index >= 15 is 0 Å². The van der Waals surface area contributed by atoms with Crippen LogP contribution in [0.4, 0.5) is 0 Å². The summed E-state index contributed by atoms with van der Waals surface area (Å²) in [6.45, 7) is 2.74. The van der Waals surface area contributed by atoms with E-state index in [2.05, 4.69) is 0 Å². The summed E-state index contributed by atoms with van der Waals surface area (Å²) in [6, 6.07) is 11.3. The van der Waals surface area contributed by atoms with Gasteiger partial charge in [0.2, 0.25) is 0 Å². The number of aromatic nitrogens is 1. The van der Waals surface area contributed by atoms with Crippen molar-refractivity contribution in [2.24, 2.45) is 5.73 Å². The molecule has 28 heavy (non-hydrogen) atoms. The number of sulfone groups is 1. The van der Waals surface area contributed by atoms with Crippen LogP contribution in [0.5, 0.6) is 0 Å². The first-order chi connectivity index (χ1) is 12.9. The second-order valence-electron chi connectivity index (χ2n) is 6.99. The van der Waals surface area contributed by atoms with Gasteiger partial charge in [-0.3, -0.25) is 15.3 Å². The number of hydrogen-bond donors (Lipinski definition) is 1. The number of ether oxygens (including phenoxy) is 1. The Morgan fingerprint density at radius 1 is 1.21 bits per heavy atom. The Hall–Kier alpha value is -2.16. The minimum Gasteiger partial charge on any atom is -0.439 e. The zero-order chi connectivity index (χ0) is 21.2. The molecule has 152 valence electrons. The Morgan fingerprint density at radius 3 is 2.36 bits per heavy atom. The fraction of sp³-hybridized carbons (Fsp3) is 0.368. The third-order valence-corrected chi connectivity index (χ3v) is 6.93. The van der Waals surface area contributed by atoms with Gasteiger partial charge in [-0.25, -0.2) is 8.42 Å². The average Bonchev–Trinajstić information content (AvgIpc) is 2.60. The molecule has 1 aromatic heterocycles. The Kier molecular flexibility index (Phi) is 6.37. The van der Waals surface area contributed by atoms with Crippen LogP contribution >= 0.6 is 11.6 Å². The van der Waals surface area contributed by atoms with E-state index in [1.54, 1.807) is 30.3 Å². The van der Waals surface area contributed by atoms with E-state index in [0.29, 0.717) is 5.56 Å². The van der Waals surface area contributed by atoms with Crippen LogP contribution in [0.15, 0.2) is 53.5 Å². The Balaban J connectivity index is 2.29. The average molecular weight is 427 g/mol. The largest absolute Gasteiger partial charge is 0.439 e. The minimum absolute atomic E-state index is 0.0126. The molecule has 0 saturated carbocycles. The summed E-state index contributed by atoms with van der Waals surface area (Å²) in [5, 5.41) is 0.272. The monoisotopic (exact) mass is 426 g/mol. The molecule has 0 bridgehead atoms. The number of carbonyl (C=O) groups excluding carboxylic acids is 1. The highest BCUT2D eigenvalue weighted by molar-refractivity contribution is 7.92. The SMILES string of the molecule is CC(N)(OC(=O)C(C)(CCn1ccc(Cl)cc1=O)S(C)(=O)=O)c1ccccc1. The van der Waals surface area contributed by atoms with Gasteiger partial charge in [-0.1, -0.05) is 41.9 Å². The molecular weight excluding hydrogens is 404 g/mol. The van der Waals surface area contributed by atoms with Crippen molar-refractivity contribution in [3.63, 3.8) is 0 Å². The molecule has 7 nitrogen and oxygen atoms in total. The summed E-state index contributed by atoms with van der Waals surface area (Å²) in [7, 11) is -3.88. The van der Waals surface area contributed by atoms with E-state index in [1.165, 1.54) is 36.7 Å². The first kappa shape index (κ1) is 22.1. The van der Waals surface area contributed by atoms with E-state index < -0.39 is 31.8 Å². The number of halogens is 1. The molecule has 2 rings (SSSR count). The number of esters is 1. The van der Waals surface area contributed by atoms with Crippen LogP contribution in [0.1, 0.15) is 25.8 Å². The van der Waals surface area contributed by atoms with E-state index in [1.807, 2.05) is 0 Å². The normalized spacial score (nSPS) is 16.0. The van der Waals surface area contributed by atoms with Crippen molar-refractivity contribution in [2.75, 3.05) is 6.26 Å². The van der Waals surface area contributed by atoms with Gasteiger partial charge < -0.3 is 9.30 Å². The van der Waals surface area contributed by atoms with Gasteiger partial charge in [0.15, 0.2) is 20.3 Å². The summed E-state index contributed by atoms with van der Waals surface area (Å²) in [6.07, 6.45) is 2.22. The number of carbonyl (C=O) groups is 1. The Morgan fingerprint density at radius 2 is 1.82 bits per heavy atom. The maximum Gasteiger partial charge on any atom is 0.329 e. The molecule has 1 heterocycles. The summed E-state index contributed by atoms with van der Waals surface area (Å²) >= 11 is 5.76. The highest BCUT2D eigenvalue weighted by atomic mass is 35.5. The number of nitrogens with zero attached hydrogens (tertiary/aromatic N) is 1. The number of rotatable bonds is 7. The van der Waals surface area contributed by atoms with E-state index in [0.717, 1.165) is 6.26 Å². The summed E-state index contributed by atoms with van der Waals surface area (Å²) in [4.78, 5) is 24.9. The van der Waals surface area contributed by atoms with Gasteiger partial charge in [-0.05, 0) is 26.3 Å². The Bertz CT molecular complexity index is 1020. The van der Waals surface area contributed by atoms with Crippen molar-refractivity contribution >= 4 is 27.4 Å². The number of aryl methyl sites for hydroxylation is 1. The van der Waals surface area contributed by atoms with Gasteiger partial charge in [0.05, 0.1) is 0 Å². The lowest BCUT2D eigenvalue weighted by Crippen LogP contribution is -2.50. The van der Waals surface area contributed by atoms with Crippen LogP contribution < -0.4 is 11.3 Å². The van der Waals surface area contributed by atoms with Crippen molar-refractivity contribution in [1.82, 2.24) is 4.57 Å². The van der Waals surface area contributed by atoms with Gasteiger partial charge in [0.1, 0.15) is 0 Å². The van der Waals surface area contributed by atoms with E-state index in [4.69, 9.17) is 22.1 Å². The van der Waals surface area contributed by atoms with Crippen LogP contribution in [0.2, 0.25) is 5.02 Å². The molecule has 0 amide bonds. The molecule has 0 aliphatic heterocycles. The van der Waals surface area contributed by atoms with Gasteiger partial charge in [0, 0.05) is 35.6 Å². The molecule has 0 aliphatic carbocycles. The van der Waals surface area contributed by atoms with Gasteiger partial charge in [-0.2, -0.15) is 0 Å². The van der Waals surface area contributed by atoms with Crippen molar-refractivity contribution in [1.29, 1.82) is 0 Å². The Labute approximate surface area is 169 Å². The molecule has 2 N–H and O–H groups in total. The highest BCUT2D eigenvalue weighted by Crippen LogP contribution is 2.28. The van der Waals surface area contributed by atoms with Crippen LogP contribution in [0, 0.1) is 0 Å². The highest BCUT2D eigenvalue weighted by Gasteiger charge is 2.47. The first-order valence-electron chi connectivity index (χ1n) is 8.50.